The third-order valence-electron chi connectivity index (χ3n) is 2.68. The van der Waals surface area contributed by atoms with Crippen molar-refractivity contribution in [2.75, 3.05) is 0 Å². The minimum Gasteiger partial charge on any atom is -0.277 e. The summed E-state index contributed by atoms with van der Waals surface area (Å²) in [6, 6.07) is 7.27. The zero-order valence-electron chi connectivity index (χ0n) is 8.47. The van der Waals surface area contributed by atoms with Crippen molar-refractivity contribution in [3.05, 3.63) is 54.4 Å². The second-order valence-electron chi connectivity index (χ2n) is 3.67. The maximum Gasteiger partial charge on any atom is 0.124 e. The van der Waals surface area contributed by atoms with Gasteiger partial charge >= 0.3 is 0 Å². The van der Waals surface area contributed by atoms with Crippen LogP contribution in [0.15, 0.2) is 48.7 Å². The molecule has 80 valence electrons. The van der Waals surface area contributed by atoms with E-state index in [9.17, 15) is 4.48 Å². The van der Waals surface area contributed by atoms with Crippen molar-refractivity contribution in [3.63, 3.8) is 0 Å². The minimum absolute atomic E-state index is 0.443. The molecule has 2 aromatic rings. The second kappa shape index (κ2) is 3.48. The van der Waals surface area contributed by atoms with Gasteiger partial charge in [0.1, 0.15) is 6.04 Å². The number of nitrogens with zero attached hydrogens (tertiary/aromatic N) is 2. The fourth-order valence-corrected chi connectivity index (χ4v) is 1.89. The van der Waals surface area contributed by atoms with E-state index < -0.39 is 6.04 Å². The molecule has 16 heavy (non-hydrogen) atoms. The van der Waals surface area contributed by atoms with Gasteiger partial charge in [-0.15, -0.1) is 0 Å². The van der Waals surface area contributed by atoms with E-state index in [1.165, 1.54) is 6.20 Å². The minimum atomic E-state index is -0.443. The lowest BCUT2D eigenvalue weighted by atomic mass is 10.1. The van der Waals surface area contributed by atoms with Crippen LogP contribution in [0.5, 0.6) is 0 Å². The van der Waals surface area contributed by atoms with E-state index in [-0.39, 0.29) is 0 Å². The van der Waals surface area contributed by atoms with Crippen LogP contribution < -0.4 is 0 Å². The van der Waals surface area contributed by atoms with Crippen molar-refractivity contribution in [2.45, 2.75) is 6.04 Å². The van der Waals surface area contributed by atoms with Crippen molar-refractivity contribution in [3.8, 4) is 0 Å². The molecule has 0 saturated heterocycles. The Labute approximate surface area is 91.8 Å². The molecule has 0 aliphatic carbocycles. The number of rotatable bonds is 1. The molecule has 1 aromatic heterocycles. The highest BCUT2D eigenvalue weighted by molar-refractivity contribution is 5.81. The Bertz CT molecular complexity index is 570. The molecule has 0 radical (unpaired) electrons. The summed E-state index contributed by atoms with van der Waals surface area (Å²) in [5.74, 6) is 0. The molecule has 3 rings (SSSR count). The van der Waals surface area contributed by atoms with Gasteiger partial charge in [0.05, 0.1) is 11.2 Å². The first-order valence-electron chi connectivity index (χ1n) is 5.08. The normalized spacial score (nSPS) is 19.6. The van der Waals surface area contributed by atoms with Crippen molar-refractivity contribution >= 4 is 10.9 Å². The zero-order valence-corrected chi connectivity index (χ0v) is 8.47. The first kappa shape index (κ1) is 9.15. The molecule has 0 fully saturated rings. The second-order valence-corrected chi connectivity index (χ2v) is 3.67. The number of fused-ring (bicyclic) bond motifs is 1. The van der Waals surface area contributed by atoms with Gasteiger partial charge in [-0.05, 0) is 12.1 Å². The number of H-pyrrole nitrogens is 1. The maximum atomic E-state index is 13.6. The highest BCUT2D eigenvalue weighted by Gasteiger charge is 2.21. The van der Waals surface area contributed by atoms with Gasteiger partial charge in [-0.1, -0.05) is 34.8 Å². The molecule has 1 atom stereocenters. The highest BCUT2D eigenvalue weighted by Crippen LogP contribution is 2.29. The number of hydrogen-bond acceptors (Lipinski definition) is 2. The predicted octanol–water partition coefficient (Wildman–Crippen LogP) is 2.87. The molecule has 0 bridgehead atoms. The smallest absolute Gasteiger partial charge is 0.124 e. The lowest BCUT2D eigenvalue weighted by molar-refractivity contribution is 0.0539. The summed E-state index contributed by atoms with van der Waals surface area (Å²) >= 11 is 0. The number of aromatic nitrogens is 2. The third kappa shape index (κ3) is 1.31. The molecule has 0 spiro atoms. The Kier molecular flexibility index (Phi) is 1.99. The van der Waals surface area contributed by atoms with Gasteiger partial charge in [-0.2, -0.15) is 5.10 Å². The molecule has 1 N–H and O–H groups in total. The number of nitrogens with one attached hydrogen (secondary N) is 1. The Morgan fingerprint density at radius 2 is 2.12 bits per heavy atom. The van der Waals surface area contributed by atoms with Gasteiger partial charge in [0, 0.05) is 11.6 Å². The fourth-order valence-electron chi connectivity index (χ4n) is 1.89. The largest absolute Gasteiger partial charge is 0.277 e. The Balaban J connectivity index is 2.12. The topological polar surface area (TPSA) is 31.9 Å². The van der Waals surface area contributed by atoms with Gasteiger partial charge in [-0.25, -0.2) is 5.12 Å². The number of benzene rings is 1. The van der Waals surface area contributed by atoms with Crippen LogP contribution in [0.1, 0.15) is 11.7 Å². The first-order valence-corrected chi connectivity index (χ1v) is 5.08. The van der Waals surface area contributed by atoms with E-state index in [1.807, 2.05) is 30.3 Å². The molecule has 1 aliphatic rings. The molecule has 0 amide bonds. The van der Waals surface area contributed by atoms with Crippen LogP contribution in [0.25, 0.3) is 10.9 Å². The molecular weight excluding hydrogens is 205 g/mol. The van der Waals surface area contributed by atoms with Crippen LogP contribution in [0, 0.1) is 0 Å². The van der Waals surface area contributed by atoms with Crippen LogP contribution in [-0.4, -0.2) is 15.3 Å². The molecule has 4 heteroatoms. The van der Waals surface area contributed by atoms with E-state index in [0.717, 1.165) is 10.9 Å². The predicted molar refractivity (Wildman–Crippen MR) is 60.1 cm³/mol. The summed E-state index contributed by atoms with van der Waals surface area (Å²) in [7, 11) is 0. The Hall–Kier alpha value is -2.10. The maximum absolute atomic E-state index is 13.6. The van der Waals surface area contributed by atoms with Crippen LogP contribution in [-0.2, 0) is 0 Å². The van der Waals surface area contributed by atoms with E-state index in [0.29, 0.717) is 10.8 Å². The quantitative estimate of drug-likeness (QED) is 0.742. The van der Waals surface area contributed by atoms with E-state index in [1.54, 1.807) is 12.2 Å². The number of hydrogen-bond donors (Lipinski definition) is 1. The Morgan fingerprint density at radius 3 is 3.00 bits per heavy atom. The van der Waals surface area contributed by atoms with Gasteiger partial charge in [0.15, 0.2) is 0 Å². The highest BCUT2D eigenvalue weighted by atomic mass is 19.2. The molecule has 1 aliphatic heterocycles. The molecule has 1 aromatic carbocycles. The summed E-state index contributed by atoms with van der Waals surface area (Å²) in [4.78, 5) is 0. The molecule has 0 saturated carbocycles. The van der Waals surface area contributed by atoms with Crippen molar-refractivity contribution in [1.82, 2.24) is 15.3 Å². The van der Waals surface area contributed by atoms with Crippen LogP contribution in [0.3, 0.4) is 0 Å². The summed E-state index contributed by atoms with van der Waals surface area (Å²) in [6.45, 7) is 0. The van der Waals surface area contributed by atoms with Crippen molar-refractivity contribution in [2.24, 2.45) is 0 Å². The zero-order chi connectivity index (χ0) is 11.0. The third-order valence-corrected chi connectivity index (χ3v) is 2.68. The summed E-state index contributed by atoms with van der Waals surface area (Å²) < 4.78 is 13.6. The lowest BCUT2D eigenvalue weighted by Gasteiger charge is -2.19. The number of allylic oxidation sites excluding steroid dienone is 2. The standard InChI is InChI=1S/C12H10FN3/c13-16-8-4-3-7-11(16)12-9-5-1-2-6-10(9)14-15-12/h1-8,11H,(H,14,15). The fraction of sp³-hybridized carbons (Fsp3) is 0.0833. The molecular formula is C12H10FN3. The van der Waals surface area contributed by atoms with Crippen molar-refractivity contribution in [1.29, 1.82) is 0 Å². The monoisotopic (exact) mass is 215 g/mol. The Morgan fingerprint density at radius 1 is 1.25 bits per heavy atom. The van der Waals surface area contributed by atoms with E-state index in [2.05, 4.69) is 10.2 Å². The summed E-state index contributed by atoms with van der Waals surface area (Å²) in [6.07, 6.45) is 6.66. The van der Waals surface area contributed by atoms with Crippen LogP contribution >= 0.6 is 0 Å². The van der Waals surface area contributed by atoms with E-state index in [4.69, 9.17) is 0 Å². The lowest BCUT2D eigenvalue weighted by Crippen LogP contribution is -2.15. The van der Waals surface area contributed by atoms with Gasteiger partial charge in [0.25, 0.3) is 0 Å². The van der Waals surface area contributed by atoms with Gasteiger partial charge in [0.2, 0.25) is 0 Å². The van der Waals surface area contributed by atoms with Crippen LogP contribution in [0.2, 0.25) is 0 Å². The number of aromatic amines is 1. The van der Waals surface area contributed by atoms with Crippen LogP contribution in [0.4, 0.5) is 4.48 Å². The summed E-state index contributed by atoms with van der Waals surface area (Å²) in [5.41, 5.74) is 1.63. The number of halogens is 1. The molecule has 1 unspecified atom stereocenters. The average molecular weight is 215 g/mol. The molecule has 2 heterocycles. The average Bonchev–Trinajstić information content (AvgIpc) is 2.74. The molecule has 3 nitrogen and oxygen atoms in total. The van der Waals surface area contributed by atoms with E-state index >= 15 is 0 Å². The van der Waals surface area contributed by atoms with Gasteiger partial charge in [-0.3, -0.25) is 5.10 Å². The number of para-hydroxylation sites is 1. The van der Waals surface area contributed by atoms with Gasteiger partial charge < -0.3 is 0 Å². The summed E-state index contributed by atoms with van der Waals surface area (Å²) in [5, 5.41) is 8.69. The first-order chi connectivity index (χ1) is 7.86. The SMILES string of the molecule is FN1C=CC=CC1c1n[nH]c2ccccc12. The van der Waals surface area contributed by atoms with Crippen molar-refractivity contribution < 1.29 is 4.48 Å².